The second kappa shape index (κ2) is 6.49. The second-order valence-corrected chi connectivity index (χ2v) is 4.00. The van der Waals surface area contributed by atoms with E-state index in [-0.39, 0.29) is 35.7 Å². The van der Waals surface area contributed by atoms with Crippen LogP contribution in [0.4, 0.5) is 0 Å². The molecule has 3 nitrogen and oxygen atoms in total. The number of rotatable bonds is 2. The van der Waals surface area contributed by atoms with Crippen LogP contribution in [0.25, 0.3) is 0 Å². The predicted molar refractivity (Wildman–Crippen MR) is 58.8 cm³/mol. The Morgan fingerprint density at radius 2 is 2.21 bits per heavy atom. The van der Waals surface area contributed by atoms with E-state index in [4.69, 9.17) is 22.1 Å². The van der Waals surface area contributed by atoms with Crippen molar-refractivity contribution in [2.75, 3.05) is 6.61 Å². The first kappa shape index (κ1) is 14.0. The number of hydrogen-bond donors (Lipinski definition) is 1. The van der Waals surface area contributed by atoms with Crippen molar-refractivity contribution >= 4 is 30.0 Å². The lowest BCUT2D eigenvalue weighted by Crippen LogP contribution is -2.39. The summed E-state index contributed by atoms with van der Waals surface area (Å²) in [5.41, 5.74) is 5.73. The zero-order valence-electron chi connectivity index (χ0n) is 8.24. The molecule has 1 aliphatic rings. The Morgan fingerprint density at radius 3 is 2.71 bits per heavy atom. The molecular weight excluding hydrogens is 225 g/mol. The van der Waals surface area contributed by atoms with Crippen LogP contribution in [0, 0.1) is 5.92 Å². The van der Waals surface area contributed by atoms with Gasteiger partial charge in [-0.25, -0.2) is 0 Å². The monoisotopic (exact) mass is 241 g/mol. The number of esters is 1. The molecule has 3 atom stereocenters. The molecule has 0 aromatic rings. The third kappa shape index (κ3) is 3.64. The summed E-state index contributed by atoms with van der Waals surface area (Å²) in [5.74, 6) is -0.165. The van der Waals surface area contributed by atoms with Crippen molar-refractivity contribution in [3.05, 3.63) is 0 Å². The van der Waals surface area contributed by atoms with Gasteiger partial charge in [-0.2, -0.15) is 0 Å². The SMILES string of the molecule is CCOC(=O)[C@H]1CC[C@H](N)[C@@H](Cl)C1.Cl. The van der Waals surface area contributed by atoms with Gasteiger partial charge in [0.1, 0.15) is 0 Å². The number of nitrogens with two attached hydrogens (primary N) is 1. The smallest absolute Gasteiger partial charge is 0.308 e. The molecule has 0 radical (unpaired) electrons. The van der Waals surface area contributed by atoms with Gasteiger partial charge in [0.05, 0.1) is 12.5 Å². The van der Waals surface area contributed by atoms with Gasteiger partial charge >= 0.3 is 5.97 Å². The molecule has 1 rings (SSSR count). The summed E-state index contributed by atoms with van der Waals surface area (Å²) in [4.78, 5) is 11.3. The lowest BCUT2D eigenvalue weighted by molar-refractivity contribution is -0.149. The third-order valence-corrected chi connectivity index (χ3v) is 2.94. The van der Waals surface area contributed by atoms with E-state index in [0.29, 0.717) is 13.0 Å². The van der Waals surface area contributed by atoms with E-state index in [1.165, 1.54) is 0 Å². The molecule has 0 aromatic carbocycles. The van der Waals surface area contributed by atoms with E-state index in [1.807, 2.05) is 6.92 Å². The average Bonchev–Trinajstić information content (AvgIpc) is 2.10. The van der Waals surface area contributed by atoms with Gasteiger partial charge in [0.25, 0.3) is 0 Å². The van der Waals surface area contributed by atoms with Gasteiger partial charge in [-0.05, 0) is 26.2 Å². The maximum Gasteiger partial charge on any atom is 0.308 e. The molecule has 0 bridgehead atoms. The Hall–Kier alpha value is 0.01000. The Labute approximate surface area is 95.7 Å². The van der Waals surface area contributed by atoms with Crippen LogP contribution in [0.15, 0.2) is 0 Å². The molecule has 2 N–H and O–H groups in total. The number of carbonyl (C=O) groups is 1. The lowest BCUT2D eigenvalue weighted by Gasteiger charge is -2.28. The van der Waals surface area contributed by atoms with Gasteiger partial charge in [-0.3, -0.25) is 4.79 Å². The van der Waals surface area contributed by atoms with Crippen molar-refractivity contribution in [1.29, 1.82) is 0 Å². The largest absolute Gasteiger partial charge is 0.466 e. The molecule has 1 saturated carbocycles. The first-order valence-corrected chi connectivity index (χ1v) is 5.15. The molecule has 1 aliphatic carbocycles. The highest BCUT2D eigenvalue weighted by atomic mass is 35.5. The number of carbonyl (C=O) groups excluding carboxylic acids is 1. The van der Waals surface area contributed by atoms with Crippen LogP contribution >= 0.6 is 24.0 Å². The normalized spacial score (nSPS) is 31.8. The Kier molecular flexibility index (Phi) is 6.49. The predicted octanol–water partition coefficient (Wildman–Crippen LogP) is 1.71. The lowest BCUT2D eigenvalue weighted by atomic mass is 9.86. The molecule has 0 aromatic heterocycles. The summed E-state index contributed by atoms with van der Waals surface area (Å²) in [6.45, 7) is 2.25. The first-order chi connectivity index (χ1) is 6.15. The van der Waals surface area contributed by atoms with Crippen molar-refractivity contribution in [2.45, 2.75) is 37.6 Å². The van der Waals surface area contributed by atoms with E-state index in [9.17, 15) is 4.79 Å². The van der Waals surface area contributed by atoms with Crippen LogP contribution in [0.1, 0.15) is 26.2 Å². The van der Waals surface area contributed by atoms with Crippen molar-refractivity contribution in [1.82, 2.24) is 0 Å². The van der Waals surface area contributed by atoms with Gasteiger partial charge in [0, 0.05) is 11.4 Å². The van der Waals surface area contributed by atoms with E-state index in [2.05, 4.69) is 0 Å². The maximum absolute atomic E-state index is 11.3. The van der Waals surface area contributed by atoms with Crippen LogP contribution in [-0.4, -0.2) is 24.0 Å². The van der Waals surface area contributed by atoms with Gasteiger partial charge in [0.2, 0.25) is 0 Å². The van der Waals surface area contributed by atoms with Gasteiger partial charge in [-0.15, -0.1) is 24.0 Å². The molecule has 0 aliphatic heterocycles. The molecule has 0 amide bonds. The maximum atomic E-state index is 11.3. The minimum atomic E-state index is -0.125. The third-order valence-electron chi connectivity index (χ3n) is 2.44. The highest BCUT2D eigenvalue weighted by Gasteiger charge is 2.31. The zero-order valence-corrected chi connectivity index (χ0v) is 9.81. The Morgan fingerprint density at radius 1 is 1.57 bits per heavy atom. The molecule has 5 heteroatoms. The van der Waals surface area contributed by atoms with E-state index < -0.39 is 0 Å². The number of halogens is 2. The second-order valence-electron chi connectivity index (χ2n) is 3.44. The summed E-state index contributed by atoms with van der Waals surface area (Å²) in [7, 11) is 0. The standard InChI is InChI=1S/C9H16ClNO2.ClH/c1-2-13-9(12)6-3-4-8(11)7(10)5-6;/h6-8H,2-5,11H2,1H3;1H/t6-,7-,8-;/m0./s1. The minimum Gasteiger partial charge on any atom is -0.466 e. The molecule has 0 saturated heterocycles. The van der Waals surface area contributed by atoms with Crippen molar-refractivity contribution < 1.29 is 9.53 Å². The van der Waals surface area contributed by atoms with Gasteiger partial charge in [-0.1, -0.05) is 0 Å². The Bertz CT molecular complexity index is 190. The summed E-state index contributed by atoms with van der Waals surface area (Å²) >= 11 is 5.97. The molecule has 84 valence electrons. The van der Waals surface area contributed by atoms with E-state index >= 15 is 0 Å². The fourth-order valence-electron chi connectivity index (χ4n) is 1.61. The van der Waals surface area contributed by atoms with Crippen molar-refractivity contribution in [3.63, 3.8) is 0 Å². The van der Waals surface area contributed by atoms with Crippen LogP contribution in [-0.2, 0) is 9.53 Å². The fraction of sp³-hybridized carbons (Fsp3) is 0.889. The molecule has 14 heavy (non-hydrogen) atoms. The summed E-state index contributed by atoms with van der Waals surface area (Å²) in [6, 6.07) is 0.0346. The summed E-state index contributed by atoms with van der Waals surface area (Å²) in [5, 5.41) is -0.0804. The van der Waals surface area contributed by atoms with Crippen LogP contribution < -0.4 is 5.73 Å². The number of alkyl halides is 1. The van der Waals surface area contributed by atoms with Gasteiger partial charge in [0.15, 0.2) is 0 Å². The highest BCUT2D eigenvalue weighted by molar-refractivity contribution is 6.21. The Balaban J connectivity index is 0.00000169. The van der Waals surface area contributed by atoms with E-state index in [0.717, 1.165) is 12.8 Å². The fourth-order valence-corrected chi connectivity index (χ4v) is 1.95. The van der Waals surface area contributed by atoms with Crippen molar-refractivity contribution in [2.24, 2.45) is 11.7 Å². The quantitative estimate of drug-likeness (QED) is 0.592. The topological polar surface area (TPSA) is 52.3 Å². The average molecular weight is 242 g/mol. The first-order valence-electron chi connectivity index (χ1n) is 4.71. The highest BCUT2D eigenvalue weighted by Crippen LogP contribution is 2.27. The molecule has 0 spiro atoms. The van der Waals surface area contributed by atoms with E-state index in [1.54, 1.807) is 0 Å². The van der Waals surface area contributed by atoms with Crippen LogP contribution in [0.5, 0.6) is 0 Å². The van der Waals surface area contributed by atoms with Crippen molar-refractivity contribution in [3.8, 4) is 0 Å². The minimum absolute atomic E-state index is 0. The molecule has 0 unspecified atom stereocenters. The zero-order chi connectivity index (χ0) is 9.84. The summed E-state index contributed by atoms with van der Waals surface area (Å²) < 4.78 is 4.93. The van der Waals surface area contributed by atoms with Gasteiger partial charge < -0.3 is 10.5 Å². The van der Waals surface area contributed by atoms with Crippen LogP contribution in [0.3, 0.4) is 0 Å². The number of hydrogen-bond acceptors (Lipinski definition) is 3. The van der Waals surface area contributed by atoms with Crippen LogP contribution in [0.2, 0.25) is 0 Å². The molecular formula is C9H17Cl2NO2. The number of ether oxygens (including phenoxy) is 1. The summed E-state index contributed by atoms with van der Waals surface area (Å²) in [6.07, 6.45) is 2.28. The molecule has 1 fully saturated rings. The molecule has 0 heterocycles.